The molecular weight excluding hydrogens is 248 g/mol. The summed E-state index contributed by atoms with van der Waals surface area (Å²) >= 11 is 6.06. The quantitative estimate of drug-likeness (QED) is 0.816. The number of methoxy groups -OCH3 is 1. The van der Waals surface area contributed by atoms with Crippen molar-refractivity contribution in [2.45, 2.75) is 25.9 Å². The number of nitrogens with two attached hydrogens (primary N) is 1. The number of hydrogen-bond acceptors (Lipinski definition) is 2. The summed E-state index contributed by atoms with van der Waals surface area (Å²) in [4.78, 5) is 0. The molecule has 1 heterocycles. The van der Waals surface area contributed by atoms with Crippen molar-refractivity contribution < 1.29 is 4.74 Å². The molecular formula is C14H19ClN2O. The van der Waals surface area contributed by atoms with Gasteiger partial charge in [-0.1, -0.05) is 17.7 Å². The van der Waals surface area contributed by atoms with E-state index in [0.29, 0.717) is 6.54 Å². The molecule has 0 fully saturated rings. The predicted octanol–water partition coefficient (Wildman–Crippen LogP) is 3.18. The molecule has 0 aliphatic rings. The molecule has 0 aliphatic heterocycles. The van der Waals surface area contributed by atoms with E-state index in [9.17, 15) is 0 Å². The van der Waals surface area contributed by atoms with Crippen molar-refractivity contribution in [3.8, 4) is 0 Å². The Bertz CT molecular complexity index is 522. The van der Waals surface area contributed by atoms with E-state index in [1.165, 1.54) is 16.5 Å². The van der Waals surface area contributed by atoms with Gasteiger partial charge < -0.3 is 15.0 Å². The SMILES string of the molecule is COCCCCn1cc(CN)c2ccc(Cl)cc21. The van der Waals surface area contributed by atoms with Crippen molar-refractivity contribution in [3.63, 3.8) is 0 Å². The van der Waals surface area contributed by atoms with Crippen LogP contribution in [0.25, 0.3) is 10.9 Å². The minimum Gasteiger partial charge on any atom is -0.385 e. The number of halogens is 1. The lowest BCUT2D eigenvalue weighted by atomic mass is 10.2. The van der Waals surface area contributed by atoms with Crippen LogP contribution in [0.5, 0.6) is 0 Å². The molecule has 0 saturated carbocycles. The zero-order chi connectivity index (χ0) is 13.0. The first kappa shape index (κ1) is 13.4. The minimum atomic E-state index is 0.559. The maximum Gasteiger partial charge on any atom is 0.0498 e. The third-order valence-corrected chi connectivity index (χ3v) is 3.38. The van der Waals surface area contributed by atoms with Crippen LogP contribution in [0.4, 0.5) is 0 Å². The van der Waals surface area contributed by atoms with Gasteiger partial charge >= 0.3 is 0 Å². The van der Waals surface area contributed by atoms with Crippen LogP contribution in [0.2, 0.25) is 5.02 Å². The number of fused-ring (bicyclic) bond motifs is 1. The molecule has 0 atom stereocenters. The van der Waals surface area contributed by atoms with Crippen molar-refractivity contribution in [2.75, 3.05) is 13.7 Å². The summed E-state index contributed by atoms with van der Waals surface area (Å²) in [6.45, 7) is 2.34. The molecule has 2 N–H and O–H groups in total. The van der Waals surface area contributed by atoms with Gasteiger partial charge in [-0.2, -0.15) is 0 Å². The van der Waals surface area contributed by atoms with E-state index < -0.39 is 0 Å². The highest BCUT2D eigenvalue weighted by Gasteiger charge is 2.07. The molecule has 0 bridgehead atoms. The summed E-state index contributed by atoms with van der Waals surface area (Å²) in [5.74, 6) is 0. The Hall–Kier alpha value is -1.03. The molecule has 0 unspecified atom stereocenters. The topological polar surface area (TPSA) is 40.2 Å². The lowest BCUT2D eigenvalue weighted by Crippen LogP contribution is -1.99. The second-order valence-corrected chi connectivity index (χ2v) is 4.85. The molecule has 2 aromatic rings. The highest BCUT2D eigenvalue weighted by atomic mass is 35.5. The van der Waals surface area contributed by atoms with Crippen LogP contribution >= 0.6 is 11.6 Å². The molecule has 1 aromatic carbocycles. The highest BCUT2D eigenvalue weighted by molar-refractivity contribution is 6.31. The number of hydrogen-bond donors (Lipinski definition) is 1. The number of nitrogens with zero attached hydrogens (tertiary/aromatic N) is 1. The van der Waals surface area contributed by atoms with E-state index in [0.717, 1.165) is 31.0 Å². The molecule has 0 amide bonds. The second kappa shape index (κ2) is 6.23. The Balaban J connectivity index is 2.23. The van der Waals surface area contributed by atoms with Crippen LogP contribution in [0.3, 0.4) is 0 Å². The molecule has 0 spiro atoms. The van der Waals surface area contributed by atoms with Gasteiger partial charge in [0.1, 0.15) is 0 Å². The van der Waals surface area contributed by atoms with Crippen molar-refractivity contribution in [1.29, 1.82) is 0 Å². The zero-order valence-electron chi connectivity index (χ0n) is 10.7. The Kier molecular flexibility index (Phi) is 4.64. The number of rotatable bonds is 6. The number of aromatic nitrogens is 1. The molecule has 0 saturated heterocycles. The fourth-order valence-corrected chi connectivity index (χ4v) is 2.38. The molecule has 2 rings (SSSR count). The molecule has 1 aromatic heterocycles. The van der Waals surface area contributed by atoms with E-state index in [1.807, 2.05) is 18.2 Å². The smallest absolute Gasteiger partial charge is 0.0498 e. The largest absolute Gasteiger partial charge is 0.385 e. The van der Waals surface area contributed by atoms with Crippen molar-refractivity contribution in [3.05, 3.63) is 35.0 Å². The Labute approximate surface area is 112 Å². The average Bonchev–Trinajstić information content (AvgIpc) is 2.72. The van der Waals surface area contributed by atoms with Crippen LogP contribution in [0, 0.1) is 0 Å². The summed E-state index contributed by atoms with van der Waals surface area (Å²) < 4.78 is 7.30. The Morgan fingerprint density at radius 1 is 1.33 bits per heavy atom. The third-order valence-electron chi connectivity index (χ3n) is 3.14. The van der Waals surface area contributed by atoms with Gasteiger partial charge in [0.15, 0.2) is 0 Å². The van der Waals surface area contributed by atoms with Gasteiger partial charge in [-0.25, -0.2) is 0 Å². The fourth-order valence-electron chi connectivity index (χ4n) is 2.22. The van der Waals surface area contributed by atoms with E-state index in [2.05, 4.69) is 10.8 Å². The van der Waals surface area contributed by atoms with Crippen LogP contribution < -0.4 is 5.73 Å². The summed E-state index contributed by atoms with van der Waals surface area (Å²) in [5.41, 5.74) is 8.12. The second-order valence-electron chi connectivity index (χ2n) is 4.41. The zero-order valence-corrected chi connectivity index (χ0v) is 11.4. The number of unbranched alkanes of at least 4 members (excludes halogenated alkanes) is 1. The van der Waals surface area contributed by atoms with Gasteiger partial charge in [-0.05, 0) is 30.5 Å². The van der Waals surface area contributed by atoms with Gasteiger partial charge in [0.05, 0.1) is 0 Å². The van der Waals surface area contributed by atoms with Crippen LogP contribution in [-0.4, -0.2) is 18.3 Å². The highest BCUT2D eigenvalue weighted by Crippen LogP contribution is 2.25. The molecule has 4 heteroatoms. The summed E-state index contributed by atoms with van der Waals surface area (Å²) in [5, 5.41) is 1.97. The lowest BCUT2D eigenvalue weighted by molar-refractivity contribution is 0.191. The van der Waals surface area contributed by atoms with Gasteiger partial charge in [0.2, 0.25) is 0 Å². The maximum absolute atomic E-state index is 6.06. The summed E-state index contributed by atoms with van der Waals surface area (Å²) in [6.07, 6.45) is 4.29. The van der Waals surface area contributed by atoms with Crippen LogP contribution in [0.1, 0.15) is 18.4 Å². The Morgan fingerprint density at radius 3 is 2.89 bits per heavy atom. The van der Waals surface area contributed by atoms with Crippen LogP contribution in [0.15, 0.2) is 24.4 Å². The first-order valence-corrected chi connectivity index (χ1v) is 6.60. The van der Waals surface area contributed by atoms with E-state index in [-0.39, 0.29) is 0 Å². The minimum absolute atomic E-state index is 0.559. The first-order valence-electron chi connectivity index (χ1n) is 6.22. The number of ether oxygens (including phenoxy) is 1. The average molecular weight is 267 g/mol. The van der Waals surface area contributed by atoms with Gasteiger partial charge in [-0.3, -0.25) is 0 Å². The fraction of sp³-hybridized carbons (Fsp3) is 0.429. The standard InChI is InChI=1S/C14H19ClN2O/c1-18-7-3-2-6-17-10-11(9-16)13-5-4-12(15)8-14(13)17/h4-5,8,10H,2-3,6-7,9,16H2,1H3. The van der Waals surface area contributed by atoms with Gasteiger partial charge in [0.25, 0.3) is 0 Å². The maximum atomic E-state index is 6.06. The normalized spacial score (nSPS) is 11.3. The van der Waals surface area contributed by atoms with E-state index >= 15 is 0 Å². The van der Waals surface area contributed by atoms with Crippen molar-refractivity contribution >= 4 is 22.5 Å². The molecule has 3 nitrogen and oxygen atoms in total. The molecule has 98 valence electrons. The Morgan fingerprint density at radius 2 is 2.17 bits per heavy atom. The van der Waals surface area contributed by atoms with Gasteiger partial charge in [0, 0.05) is 48.9 Å². The number of aryl methyl sites for hydroxylation is 1. The van der Waals surface area contributed by atoms with Crippen molar-refractivity contribution in [1.82, 2.24) is 4.57 Å². The van der Waals surface area contributed by atoms with Gasteiger partial charge in [-0.15, -0.1) is 0 Å². The monoisotopic (exact) mass is 266 g/mol. The predicted molar refractivity (Wildman–Crippen MR) is 75.9 cm³/mol. The lowest BCUT2D eigenvalue weighted by Gasteiger charge is -2.05. The number of benzene rings is 1. The molecule has 0 aliphatic carbocycles. The van der Waals surface area contributed by atoms with Crippen LogP contribution in [-0.2, 0) is 17.8 Å². The van der Waals surface area contributed by atoms with Crippen molar-refractivity contribution in [2.24, 2.45) is 5.73 Å². The molecule has 18 heavy (non-hydrogen) atoms. The molecule has 0 radical (unpaired) electrons. The third kappa shape index (κ3) is 2.86. The van der Waals surface area contributed by atoms with E-state index in [4.69, 9.17) is 22.1 Å². The summed E-state index contributed by atoms with van der Waals surface area (Å²) in [7, 11) is 1.73. The van der Waals surface area contributed by atoms with E-state index in [1.54, 1.807) is 7.11 Å². The first-order chi connectivity index (χ1) is 8.76. The summed E-state index contributed by atoms with van der Waals surface area (Å²) in [6, 6.07) is 5.97.